The molecule has 0 aliphatic heterocycles. The summed E-state index contributed by atoms with van der Waals surface area (Å²) in [6, 6.07) is 3.55. The maximum atomic E-state index is 12.1. The quantitative estimate of drug-likeness (QED) is 0.245. The largest absolute Gasteiger partial charge is 0.481 e. The number of hydrogen-bond donors (Lipinski definition) is 0. The number of aromatic nitrogens is 1. The van der Waals surface area contributed by atoms with Gasteiger partial charge in [0.25, 0.3) is 0 Å². The molecule has 3 nitrogen and oxygen atoms in total. The molecule has 0 saturated carbocycles. The van der Waals surface area contributed by atoms with E-state index in [4.69, 9.17) is 4.74 Å². The fourth-order valence-electron chi connectivity index (χ4n) is 3.11. The average molecular weight is 348 g/mol. The molecule has 25 heavy (non-hydrogen) atoms. The van der Waals surface area contributed by atoms with Gasteiger partial charge < -0.3 is 4.74 Å². The van der Waals surface area contributed by atoms with Gasteiger partial charge in [-0.2, -0.15) is 0 Å². The van der Waals surface area contributed by atoms with E-state index in [0.29, 0.717) is 17.9 Å². The first-order valence-corrected chi connectivity index (χ1v) is 10.3. The third-order valence-electron chi connectivity index (χ3n) is 4.77. The summed E-state index contributed by atoms with van der Waals surface area (Å²) >= 11 is 0. The third-order valence-corrected chi connectivity index (χ3v) is 4.77. The van der Waals surface area contributed by atoms with Gasteiger partial charge >= 0.3 is 0 Å². The van der Waals surface area contributed by atoms with Gasteiger partial charge in [0, 0.05) is 24.2 Å². The number of carbonyl (C=O) groups excluding carboxylic acids is 1. The molecule has 0 fully saturated rings. The van der Waals surface area contributed by atoms with Gasteiger partial charge in [-0.3, -0.25) is 4.79 Å². The van der Waals surface area contributed by atoms with Crippen LogP contribution in [-0.4, -0.2) is 17.9 Å². The van der Waals surface area contributed by atoms with Crippen LogP contribution in [-0.2, 0) is 0 Å². The minimum absolute atomic E-state index is 0.193. The maximum absolute atomic E-state index is 12.1. The van der Waals surface area contributed by atoms with Crippen molar-refractivity contribution in [3.63, 3.8) is 0 Å². The number of carbonyl (C=O) groups is 1. The number of hydrogen-bond acceptors (Lipinski definition) is 3. The molecule has 0 spiro atoms. The number of Topliss-reactive ketones (excluding diaryl/α,β-unsaturated/α-hetero) is 1. The fourth-order valence-corrected chi connectivity index (χ4v) is 3.11. The predicted molar refractivity (Wildman–Crippen MR) is 105 cm³/mol. The Morgan fingerprint density at radius 3 is 1.80 bits per heavy atom. The van der Waals surface area contributed by atoms with Crippen LogP contribution in [0.3, 0.4) is 0 Å². The highest BCUT2D eigenvalue weighted by Gasteiger charge is 2.06. The van der Waals surface area contributed by atoms with Crippen molar-refractivity contribution < 1.29 is 9.53 Å². The highest BCUT2D eigenvalue weighted by Crippen LogP contribution is 2.14. The molecule has 0 aliphatic rings. The lowest BCUT2D eigenvalue weighted by atomic mass is 10.0. The third kappa shape index (κ3) is 11.0. The lowest BCUT2D eigenvalue weighted by molar-refractivity contribution is 0.0978. The van der Waals surface area contributed by atoms with Crippen LogP contribution in [0.1, 0.15) is 107 Å². The summed E-state index contributed by atoms with van der Waals surface area (Å²) in [6.07, 6.45) is 19.5. The molecule has 0 aromatic carbocycles. The van der Waals surface area contributed by atoms with Crippen molar-refractivity contribution >= 4 is 5.78 Å². The van der Waals surface area contributed by atoms with Crippen molar-refractivity contribution in [3.8, 4) is 5.88 Å². The molecule has 1 heterocycles. The second-order valence-corrected chi connectivity index (χ2v) is 7.01. The molecule has 0 atom stereocenters. The monoisotopic (exact) mass is 347 g/mol. The summed E-state index contributed by atoms with van der Waals surface area (Å²) in [5, 5.41) is 0. The zero-order valence-electron chi connectivity index (χ0n) is 16.4. The molecule has 1 aromatic heterocycles. The van der Waals surface area contributed by atoms with Crippen LogP contribution in [0, 0.1) is 0 Å². The predicted octanol–water partition coefficient (Wildman–Crippen LogP) is 6.75. The van der Waals surface area contributed by atoms with E-state index >= 15 is 0 Å². The first-order chi connectivity index (χ1) is 12.3. The Balaban J connectivity index is 1.90. The molecule has 3 heteroatoms. The number of pyridine rings is 1. The molecule has 1 aromatic rings. The molecule has 0 saturated heterocycles. The Bertz CT molecular complexity index is 442. The van der Waals surface area contributed by atoms with Crippen LogP contribution in [0.4, 0.5) is 0 Å². The van der Waals surface area contributed by atoms with E-state index < -0.39 is 0 Å². The standard InChI is InChI=1S/C22H37NO2/c1-3-4-5-6-7-8-9-10-11-12-13-14-15-16-21(24)20-17-18-22(25-2)23-19-20/h17-19H,3-16H2,1-2H3. The van der Waals surface area contributed by atoms with Gasteiger partial charge in [0.1, 0.15) is 0 Å². The van der Waals surface area contributed by atoms with Gasteiger partial charge in [-0.25, -0.2) is 4.98 Å². The van der Waals surface area contributed by atoms with Gasteiger partial charge in [-0.1, -0.05) is 84.0 Å². The van der Waals surface area contributed by atoms with Crippen molar-refractivity contribution in [2.45, 2.75) is 96.8 Å². The second kappa shape index (κ2) is 14.9. The van der Waals surface area contributed by atoms with Gasteiger partial charge in [0.15, 0.2) is 5.78 Å². The Labute approximate surface area is 154 Å². The fraction of sp³-hybridized carbons (Fsp3) is 0.727. The zero-order valence-corrected chi connectivity index (χ0v) is 16.4. The molecule has 0 N–H and O–H groups in total. The van der Waals surface area contributed by atoms with E-state index in [0.717, 1.165) is 12.8 Å². The molecular weight excluding hydrogens is 310 g/mol. The maximum Gasteiger partial charge on any atom is 0.212 e. The van der Waals surface area contributed by atoms with E-state index in [1.807, 2.05) is 0 Å². The van der Waals surface area contributed by atoms with Crippen LogP contribution in [0.25, 0.3) is 0 Å². The highest BCUT2D eigenvalue weighted by atomic mass is 16.5. The summed E-state index contributed by atoms with van der Waals surface area (Å²) in [7, 11) is 1.58. The molecule has 1 rings (SSSR count). The molecule has 0 unspecified atom stereocenters. The zero-order chi connectivity index (χ0) is 18.2. The van der Waals surface area contributed by atoms with Crippen molar-refractivity contribution in [2.75, 3.05) is 7.11 Å². The molecular formula is C22H37NO2. The molecule has 0 radical (unpaired) electrons. The van der Waals surface area contributed by atoms with Crippen molar-refractivity contribution in [1.29, 1.82) is 0 Å². The van der Waals surface area contributed by atoms with Crippen LogP contribution in [0.2, 0.25) is 0 Å². The average Bonchev–Trinajstić information content (AvgIpc) is 2.65. The summed E-state index contributed by atoms with van der Waals surface area (Å²) in [4.78, 5) is 16.2. The minimum Gasteiger partial charge on any atom is -0.481 e. The Morgan fingerprint density at radius 1 is 0.840 bits per heavy atom. The first kappa shape index (κ1) is 21.7. The van der Waals surface area contributed by atoms with Crippen LogP contribution in [0.15, 0.2) is 18.3 Å². The summed E-state index contributed by atoms with van der Waals surface area (Å²) in [5.41, 5.74) is 0.694. The molecule has 0 amide bonds. The lowest BCUT2D eigenvalue weighted by Gasteiger charge is -2.04. The Morgan fingerprint density at radius 2 is 1.36 bits per heavy atom. The first-order valence-electron chi connectivity index (χ1n) is 10.3. The number of rotatable bonds is 16. The van der Waals surface area contributed by atoms with Crippen LogP contribution in [0.5, 0.6) is 5.88 Å². The Hall–Kier alpha value is -1.38. The smallest absolute Gasteiger partial charge is 0.212 e. The van der Waals surface area contributed by atoms with E-state index in [1.54, 1.807) is 25.4 Å². The van der Waals surface area contributed by atoms with Crippen LogP contribution >= 0.6 is 0 Å². The van der Waals surface area contributed by atoms with E-state index in [9.17, 15) is 4.79 Å². The normalized spacial score (nSPS) is 10.8. The second-order valence-electron chi connectivity index (χ2n) is 7.01. The topological polar surface area (TPSA) is 39.2 Å². The lowest BCUT2D eigenvalue weighted by Crippen LogP contribution is -2.00. The highest BCUT2D eigenvalue weighted by molar-refractivity contribution is 5.95. The van der Waals surface area contributed by atoms with E-state index in [2.05, 4.69) is 11.9 Å². The van der Waals surface area contributed by atoms with E-state index in [1.165, 1.54) is 70.6 Å². The number of ether oxygens (including phenoxy) is 1. The summed E-state index contributed by atoms with van der Waals surface area (Å²) in [6.45, 7) is 2.27. The van der Waals surface area contributed by atoms with Crippen molar-refractivity contribution in [3.05, 3.63) is 23.9 Å². The minimum atomic E-state index is 0.193. The summed E-state index contributed by atoms with van der Waals surface area (Å²) in [5.74, 6) is 0.746. The number of nitrogens with zero attached hydrogens (tertiary/aromatic N) is 1. The Kier molecular flexibility index (Phi) is 12.9. The SMILES string of the molecule is CCCCCCCCCCCCCCCC(=O)c1ccc(OC)nc1. The molecule has 142 valence electrons. The van der Waals surface area contributed by atoms with Gasteiger partial charge in [0.05, 0.1) is 7.11 Å². The summed E-state index contributed by atoms with van der Waals surface area (Å²) < 4.78 is 5.01. The number of methoxy groups -OCH3 is 1. The van der Waals surface area contributed by atoms with Crippen LogP contribution < -0.4 is 4.74 Å². The van der Waals surface area contributed by atoms with Gasteiger partial charge in [-0.05, 0) is 12.5 Å². The van der Waals surface area contributed by atoms with Crippen molar-refractivity contribution in [2.24, 2.45) is 0 Å². The van der Waals surface area contributed by atoms with Crippen molar-refractivity contribution in [1.82, 2.24) is 4.98 Å². The number of unbranched alkanes of at least 4 members (excludes halogenated alkanes) is 12. The number of ketones is 1. The molecule has 0 bridgehead atoms. The van der Waals surface area contributed by atoms with E-state index in [-0.39, 0.29) is 5.78 Å². The van der Waals surface area contributed by atoms with Gasteiger partial charge in [0.2, 0.25) is 5.88 Å². The van der Waals surface area contributed by atoms with Gasteiger partial charge in [-0.15, -0.1) is 0 Å². The molecule has 0 aliphatic carbocycles.